The first kappa shape index (κ1) is 24.7. The van der Waals surface area contributed by atoms with Gasteiger partial charge in [0.1, 0.15) is 11.4 Å². The lowest BCUT2D eigenvalue weighted by molar-refractivity contribution is -0.129. The fourth-order valence-electron chi connectivity index (χ4n) is 3.39. The molecular weight excluding hydrogens is 394 g/mol. The molecule has 2 rings (SSSR count). The Kier molecular flexibility index (Phi) is 8.50. The van der Waals surface area contributed by atoms with Crippen molar-refractivity contribution in [2.24, 2.45) is 0 Å². The molecule has 1 amide bonds. The third-order valence-electron chi connectivity index (χ3n) is 5.38. The highest BCUT2D eigenvalue weighted by molar-refractivity contribution is 6.27. The molecule has 1 aromatic rings. The predicted molar refractivity (Wildman–Crippen MR) is 122 cm³/mol. The lowest BCUT2D eigenvalue weighted by Crippen LogP contribution is -2.44. The number of fused-ring (bicyclic) bond motifs is 1. The second kappa shape index (κ2) is 10.7. The molecule has 0 saturated heterocycles. The summed E-state index contributed by atoms with van der Waals surface area (Å²) in [4.78, 5) is 48.9. The second-order valence-electron chi connectivity index (χ2n) is 8.62. The van der Waals surface area contributed by atoms with Gasteiger partial charge in [-0.2, -0.15) is 0 Å². The Morgan fingerprint density at radius 2 is 1.19 bits per heavy atom. The van der Waals surface area contributed by atoms with Crippen molar-refractivity contribution in [1.82, 2.24) is 24.5 Å². The number of allylic oxidation sites excluding steroid dienone is 2. The lowest BCUT2D eigenvalue weighted by Gasteiger charge is -2.33. The molecule has 1 aliphatic carbocycles. The SMILES string of the molecule is CN(C)CCN(C)CC(=O)N(C)C1=C(N(C)CCN(C)C)C(=O)c2ccccc2C1=O. The molecule has 0 atom stereocenters. The molecule has 0 N–H and O–H groups in total. The van der Waals surface area contributed by atoms with Crippen LogP contribution in [0.1, 0.15) is 20.7 Å². The average molecular weight is 430 g/mol. The van der Waals surface area contributed by atoms with Gasteiger partial charge in [0.05, 0.1) is 6.54 Å². The first-order chi connectivity index (χ1) is 14.5. The van der Waals surface area contributed by atoms with Gasteiger partial charge in [-0.05, 0) is 35.2 Å². The zero-order valence-corrected chi connectivity index (χ0v) is 19.8. The van der Waals surface area contributed by atoms with Gasteiger partial charge >= 0.3 is 0 Å². The number of carbonyl (C=O) groups is 3. The minimum Gasteiger partial charge on any atom is -0.368 e. The van der Waals surface area contributed by atoms with E-state index in [1.165, 1.54) is 4.90 Å². The smallest absolute Gasteiger partial charge is 0.241 e. The third kappa shape index (κ3) is 6.00. The third-order valence-corrected chi connectivity index (χ3v) is 5.38. The molecule has 0 radical (unpaired) electrons. The molecule has 0 aromatic heterocycles. The van der Waals surface area contributed by atoms with Crippen LogP contribution in [0.15, 0.2) is 35.7 Å². The van der Waals surface area contributed by atoms with E-state index in [0.717, 1.165) is 13.1 Å². The van der Waals surface area contributed by atoms with E-state index in [9.17, 15) is 14.4 Å². The van der Waals surface area contributed by atoms with Crippen molar-refractivity contribution in [3.63, 3.8) is 0 Å². The van der Waals surface area contributed by atoms with Crippen LogP contribution in [0.25, 0.3) is 0 Å². The summed E-state index contributed by atoms with van der Waals surface area (Å²) in [6.45, 7) is 2.96. The number of benzene rings is 1. The van der Waals surface area contributed by atoms with Crippen molar-refractivity contribution in [3.05, 3.63) is 46.8 Å². The van der Waals surface area contributed by atoms with E-state index in [-0.39, 0.29) is 35.4 Å². The number of amides is 1. The van der Waals surface area contributed by atoms with Crippen LogP contribution in [-0.2, 0) is 4.79 Å². The number of carbonyl (C=O) groups excluding carboxylic acids is 3. The quantitative estimate of drug-likeness (QED) is 0.543. The van der Waals surface area contributed by atoms with Crippen molar-refractivity contribution < 1.29 is 14.4 Å². The van der Waals surface area contributed by atoms with E-state index in [1.807, 2.05) is 49.9 Å². The van der Waals surface area contributed by atoms with Crippen molar-refractivity contribution >= 4 is 17.5 Å². The van der Waals surface area contributed by atoms with Gasteiger partial charge < -0.3 is 19.6 Å². The van der Waals surface area contributed by atoms with Crippen LogP contribution in [0, 0.1) is 0 Å². The van der Waals surface area contributed by atoms with Crippen LogP contribution in [0.4, 0.5) is 0 Å². The molecule has 8 heteroatoms. The summed E-state index contributed by atoms with van der Waals surface area (Å²) in [5.74, 6) is -0.754. The first-order valence-electron chi connectivity index (χ1n) is 10.4. The monoisotopic (exact) mass is 429 g/mol. The summed E-state index contributed by atoms with van der Waals surface area (Å²) in [6.07, 6.45) is 0. The highest BCUT2D eigenvalue weighted by Gasteiger charge is 2.37. The topological polar surface area (TPSA) is 67.4 Å². The average Bonchev–Trinajstić information content (AvgIpc) is 2.72. The van der Waals surface area contributed by atoms with Gasteiger partial charge in [-0.25, -0.2) is 0 Å². The summed E-state index contributed by atoms with van der Waals surface area (Å²) < 4.78 is 0. The molecule has 31 heavy (non-hydrogen) atoms. The van der Waals surface area contributed by atoms with Gasteiger partial charge in [0, 0.05) is 51.4 Å². The molecule has 0 unspecified atom stereocenters. The molecule has 0 fully saturated rings. The van der Waals surface area contributed by atoms with Gasteiger partial charge in [-0.1, -0.05) is 24.3 Å². The lowest BCUT2D eigenvalue weighted by atomic mass is 9.89. The molecule has 0 saturated carbocycles. The van der Waals surface area contributed by atoms with Gasteiger partial charge in [-0.15, -0.1) is 0 Å². The van der Waals surface area contributed by atoms with Gasteiger partial charge in [0.2, 0.25) is 17.5 Å². The van der Waals surface area contributed by atoms with E-state index < -0.39 is 0 Å². The first-order valence-corrected chi connectivity index (χ1v) is 10.4. The van der Waals surface area contributed by atoms with Crippen LogP contribution in [0.3, 0.4) is 0 Å². The highest BCUT2D eigenvalue weighted by Crippen LogP contribution is 2.29. The summed E-state index contributed by atoms with van der Waals surface area (Å²) >= 11 is 0. The molecule has 0 bridgehead atoms. The minimum atomic E-state index is -0.298. The molecule has 1 aliphatic rings. The van der Waals surface area contributed by atoms with Crippen LogP contribution in [-0.4, -0.2) is 124 Å². The Morgan fingerprint density at radius 3 is 1.71 bits per heavy atom. The molecule has 0 heterocycles. The maximum atomic E-state index is 13.4. The Balaban J connectivity index is 2.39. The van der Waals surface area contributed by atoms with Crippen molar-refractivity contribution in [2.45, 2.75) is 0 Å². The number of ketones is 2. The standard InChI is InChI=1S/C23H35N5O3/c1-24(2)12-14-26(5)16-19(29)28(7)21-20(27(6)15-13-25(3)4)22(30)17-10-8-9-11-18(17)23(21)31/h8-11H,12-16H2,1-7H3. The van der Waals surface area contributed by atoms with E-state index in [2.05, 4.69) is 0 Å². The number of nitrogens with zero attached hydrogens (tertiary/aromatic N) is 5. The largest absolute Gasteiger partial charge is 0.368 e. The Hall–Kier alpha value is -2.55. The maximum absolute atomic E-state index is 13.4. The summed E-state index contributed by atoms with van der Waals surface area (Å²) in [5, 5.41) is 0. The normalized spacial score (nSPS) is 14.0. The van der Waals surface area contributed by atoms with Crippen LogP contribution in [0.2, 0.25) is 0 Å². The molecule has 0 aliphatic heterocycles. The van der Waals surface area contributed by atoms with Crippen LogP contribution >= 0.6 is 0 Å². The van der Waals surface area contributed by atoms with E-state index >= 15 is 0 Å². The van der Waals surface area contributed by atoms with Crippen molar-refractivity contribution in [3.8, 4) is 0 Å². The molecule has 0 spiro atoms. The number of rotatable bonds is 10. The number of hydrogen-bond donors (Lipinski definition) is 0. The number of likely N-dealkylation sites (N-methyl/N-ethyl adjacent to an activating group) is 5. The predicted octanol–water partition coefficient (Wildman–Crippen LogP) is 0.722. The Bertz CT molecular complexity index is 863. The molecule has 170 valence electrons. The van der Waals surface area contributed by atoms with Crippen molar-refractivity contribution in [1.29, 1.82) is 0 Å². The summed E-state index contributed by atoms with van der Waals surface area (Å²) in [5.41, 5.74) is 1.15. The second-order valence-corrected chi connectivity index (χ2v) is 8.62. The zero-order chi connectivity index (χ0) is 23.3. The molecule has 8 nitrogen and oxygen atoms in total. The summed E-state index contributed by atoms with van der Waals surface area (Å²) in [6, 6.07) is 6.80. The van der Waals surface area contributed by atoms with E-state index in [4.69, 9.17) is 0 Å². The fraction of sp³-hybridized carbons (Fsp3) is 0.522. The van der Waals surface area contributed by atoms with Crippen LogP contribution < -0.4 is 0 Å². The van der Waals surface area contributed by atoms with Gasteiger partial charge in [0.25, 0.3) is 0 Å². The van der Waals surface area contributed by atoms with E-state index in [0.29, 0.717) is 24.2 Å². The Labute approximate surface area is 185 Å². The Morgan fingerprint density at radius 1 is 0.710 bits per heavy atom. The fourth-order valence-corrected chi connectivity index (χ4v) is 3.39. The summed E-state index contributed by atoms with van der Waals surface area (Å²) in [7, 11) is 13.1. The van der Waals surface area contributed by atoms with Crippen LogP contribution in [0.5, 0.6) is 0 Å². The van der Waals surface area contributed by atoms with Gasteiger partial charge in [0.15, 0.2) is 0 Å². The number of hydrogen-bond acceptors (Lipinski definition) is 7. The molecular formula is C23H35N5O3. The number of Topliss-reactive ketones (excluding diaryl/α,β-unsaturated/α-hetero) is 2. The molecule has 1 aromatic carbocycles. The maximum Gasteiger partial charge on any atom is 0.241 e. The van der Waals surface area contributed by atoms with Gasteiger partial charge in [-0.3, -0.25) is 19.3 Å². The minimum absolute atomic E-state index is 0.149. The van der Waals surface area contributed by atoms with Crippen molar-refractivity contribution in [2.75, 3.05) is 82.1 Å². The zero-order valence-electron chi connectivity index (χ0n) is 19.8. The van der Waals surface area contributed by atoms with E-state index in [1.54, 1.807) is 43.3 Å². The highest BCUT2D eigenvalue weighted by atomic mass is 16.2.